The summed E-state index contributed by atoms with van der Waals surface area (Å²) in [6.07, 6.45) is 1.17. The molecule has 2 aromatic rings. The molecule has 3 N–H and O–H groups in total. The number of hydrogen-bond donors (Lipinski definition) is 3. The number of carboxylic acid groups (broad SMARTS) is 1. The van der Waals surface area contributed by atoms with E-state index in [4.69, 9.17) is 21.2 Å². The van der Waals surface area contributed by atoms with E-state index in [9.17, 15) is 29.6 Å². The van der Waals surface area contributed by atoms with E-state index >= 15 is 0 Å². The maximum absolute atomic E-state index is 13.7. The molecular weight excluding hydrogens is 593 g/mol. The number of nitrogens with one attached hydrogen (secondary N) is 2. The average molecular weight is 626 g/mol. The molecule has 0 aliphatic carbocycles. The van der Waals surface area contributed by atoms with Gasteiger partial charge in [0.05, 0.1) is 30.5 Å². The first kappa shape index (κ1) is 34.1. The molecule has 0 radical (unpaired) electrons. The van der Waals surface area contributed by atoms with Crippen molar-refractivity contribution in [2.45, 2.75) is 39.2 Å². The number of imide groups is 1. The Morgan fingerprint density at radius 2 is 2.02 bits per heavy atom. The van der Waals surface area contributed by atoms with Gasteiger partial charge in [-0.15, -0.1) is 12.4 Å². The molecule has 3 rings (SSSR count). The number of aromatic carboxylic acids is 1. The Hall–Kier alpha value is -4.10. The molecule has 42 heavy (non-hydrogen) atoms. The number of halogens is 2. The summed E-state index contributed by atoms with van der Waals surface area (Å²) >= 11 is 6.18. The molecule has 0 aromatic heterocycles. The van der Waals surface area contributed by atoms with Crippen LogP contribution in [0.4, 0.5) is 10.5 Å². The normalized spacial score (nSPS) is 16.5. The van der Waals surface area contributed by atoms with E-state index in [0.717, 1.165) is 17.0 Å². The monoisotopic (exact) mass is 625 g/mol. The molecular formula is C27H33Cl2N5O8. The number of carboxylic acids is 1. The van der Waals surface area contributed by atoms with E-state index in [1.807, 2.05) is 6.92 Å². The van der Waals surface area contributed by atoms with Crippen LogP contribution in [-0.2, 0) is 16.1 Å². The number of oxime groups is 1. The molecule has 0 bridgehead atoms. The number of amidine groups is 1. The van der Waals surface area contributed by atoms with Crippen molar-refractivity contribution in [3.63, 3.8) is 0 Å². The molecule has 13 nitrogen and oxygen atoms in total. The molecule has 228 valence electrons. The SMILES string of the molecule is CCC[C@@H](NC(=O)N1C/C(=N/OCC)NC[C@@H](Cc2cc(Cl)ccc2OC)C1=O)c1ccc(C(=O)O)c([N+](=O)[O-])c1.Cl. The van der Waals surface area contributed by atoms with Gasteiger partial charge in [-0.1, -0.05) is 36.2 Å². The summed E-state index contributed by atoms with van der Waals surface area (Å²) in [6, 6.07) is 7.26. The van der Waals surface area contributed by atoms with Gasteiger partial charge in [0.1, 0.15) is 17.9 Å². The highest BCUT2D eigenvalue weighted by atomic mass is 35.5. The van der Waals surface area contributed by atoms with Gasteiger partial charge in [0.2, 0.25) is 5.91 Å². The molecule has 1 saturated heterocycles. The van der Waals surface area contributed by atoms with Crippen molar-refractivity contribution in [2.75, 3.05) is 26.8 Å². The number of methoxy groups -OCH3 is 1. The van der Waals surface area contributed by atoms with Gasteiger partial charge >= 0.3 is 12.0 Å². The maximum Gasteiger partial charge on any atom is 0.342 e. The van der Waals surface area contributed by atoms with Gasteiger partial charge in [0.15, 0.2) is 5.84 Å². The highest BCUT2D eigenvalue weighted by Gasteiger charge is 2.35. The standard InChI is InChI=1S/C27H32ClN5O8.ClH/c1-4-6-21(16-7-9-20(26(35)36)22(13-16)33(38)39)30-27(37)32-15-24(31-41-5-2)29-14-18(25(32)34)11-17-12-19(28)8-10-23(17)40-3;/h7-10,12-13,18,21H,4-6,11,14-15H2,1-3H3,(H,29,31)(H,30,37)(H,35,36);1H/t18-,21-;/m1./s1. The lowest BCUT2D eigenvalue weighted by molar-refractivity contribution is -0.385. The number of carbonyl (C=O) groups excluding carboxylic acids is 2. The fraction of sp³-hybridized carbons (Fsp3) is 0.407. The Morgan fingerprint density at radius 3 is 2.64 bits per heavy atom. The van der Waals surface area contributed by atoms with Crippen LogP contribution in [0, 0.1) is 16.0 Å². The summed E-state index contributed by atoms with van der Waals surface area (Å²) in [4.78, 5) is 55.7. The van der Waals surface area contributed by atoms with E-state index in [1.54, 1.807) is 25.1 Å². The number of nitrogens with zero attached hydrogens (tertiary/aromatic N) is 3. The summed E-state index contributed by atoms with van der Waals surface area (Å²) in [5, 5.41) is 31.2. The van der Waals surface area contributed by atoms with Crippen molar-refractivity contribution in [3.8, 4) is 5.75 Å². The second-order valence-corrected chi connectivity index (χ2v) is 9.68. The minimum Gasteiger partial charge on any atom is -0.496 e. The molecule has 1 aliphatic heterocycles. The zero-order valence-electron chi connectivity index (χ0n) is 23.3. The summed E-state index contributed by atoms with van der Waals surface area (Å²) in [6.45, 7) is 3.84. The number of ether oxygens (including phenoxy) is 1. The summed E-state index contributed by atoms with van der Waals surface area (Å²) in [5.41, 5.74) is -0.0478. The average Bonchev–Trinajstić information content (AvgIpc) is 3.10. The third-order valence-electron chi connectivity index (χ3n) is 6.46. The van der Waals surface area contributed by atoms with Gasteiger partial charge < -0.3 is 25.3 Å². The third kappa shape index (κ3) is 8.46. The number of hydrogen-bond acceptors (Lipinski definition) is 8. The van der Waals surface area contributed by atoms with Crippen molar-refractivity contribution in [3.05, 3.63) is 68.2 Å². The molecule has 1 heterocycles. The van der Waals surface area contributed by atoms with Gasteiger partial charge in [-0.05, 0) is 55.2 Å². The molecule has 0 saturated carbocycles. The van der Waals surface area contributed by atoms with Gasteiger partial charge in [-0.2, -0.15) is 0 Å². The molecule has 2 aromatic carbocycles. The van der Waals surface area contributed by atoms with Gasteiger partial charge in [-0.3, -0.25) is 19.8 Å². The molecule has 2 atom stereocenters. The number of nitro groups is 1. The number of amides is 3. The highest BCUT2D eigenvalue weighted by Crippen LogP contribution is 2.28. The second kappa shape index (κ2) is 15.8. The van der Waals surface area contributed by atoms with E-state index in [0.29, 0.717) is 34.7 Å². The quantitative estimate of drug-likeness (QED) is 0.239. The number of rotatable bonds is 11. The lowest BCUT2D eigenvalue weighted by atomic mass is 9.97. The van der Waals surface area contributed by atoms with E-state index in [-0.39, 0.29) is 44.4 Å². The Labute approximate surface area is 253 Å². The Kier molecular flexibility index (Phi) is 12.8. The van der Waals surface area contributed by atoms with Crippen LogP contribution in [0.3, 0.4) is 0 Å². The van der Waals surface area contributed by atoms with Crippen LogP contribution in [-0.4, -0.2) is 65.5 Å². The van der Waals surface area contributed by atoms with Crippen molar-refractivity contribution in [2.24, 2.45) is 11.1 Å². The lowest BCUT2D eigenvalue weighted by Gasteiger charge is -2.26. The van der Waals surface area contributed by atoms with Crippen LogP contribution in [0.25, 0.3) is 0 Å². The molecule has 3 amide bonds. The Balaban J connectivity index is 0.00000616. The first-order chi connectivity index (χ1) is 19.6. The van der Waals surface area contributed by atoms with Crippen LogP contribution in [0.15, 0.2) is 41.6 Å². The molecule has 1 aliphatic rings. The first-order valence-corrected chi connectivity index (χ1v) is 13.4. The maximum atomic E-state index is 13.7. The predicted molar refractivity (Wildman–Crippen MR) is 157 cm³/mol. The third-order valence-corrected chi connectivity index (χ3v) is 6.69. The number of urea groups is 1. The van der Waals surface area contributed by atoms with Crippen LogP contribution >= 0.6 is 24.0 Å². The highest BCUT2D eigenvalue weighted by molar-refractivity contribution is 6.30. The Bertz CT molecular complexity index is 1340. The first-order valence-electron chi connectivity index (χ1n) is 13.0. The smallest absolute Gasteiger partial charge is 0.342 e. The summed E-state index contributed by atoms with van der Waals surface area (Å²) in [7, 11) is 1.51. The van der Waals surface area contributed by atoms with E-state index in [2.05, 4.69) is 15.8 Å². The molecule has 1 fully saturated rings. The largest absolute Gasteiger partial charge is 0.496 e. The lowest BCUT2D eigenvalue weighted by Crippen LogP contribution is -2.48. The Morgan fingerprint density at radius 1 is 1.29 bits per heavy atom. The number of carbonyl (C=O) groups is 3. The minimum atomic E-state index is -1.44. The van der Waals surface area contributed by atoms with Crippen LogP contribution in [0.2, 0.25) is 5.02 Å². The fourth-order valence-corrected chi connectivity index (χ4v) is 4.67. The minimum absolute atomic E-state index is 0. The van der Waals surface area contributed by atoms with Crippen LogP contribution in [0.5, 0.6) is 5.75 Å². The van der Waals surface area contributed by atoms with Crippen molar-refractivity contribution in [1.29, 1.82) is 0 Å². The predicted octanol–water partition coefficient (Wildman–Crippen LogP) is 4.57. The van der Waals surface area contributed by atoms with E-state index < -0.39 is 46.0 Å². The second-order valence-electron chi connectivity index (χ2n) is 9.25. The zero-order chi connectivity index (χ0) is 30.1. The topological polar surface area (TPSA) is 173 Å². The van der Waals surface area contributed by atoms with Gasteiger partial charge in [0, 0.05) is 17.6 Å². The van der Waals surface area contributed by atoms with Crippen molar-refractivity contribution >= 4 is 53.4 Å². The molecule has 0 spiro atoms. The molecule has 0 unspecified atom stereocenters. The van der Waals surface area contributed by atoms with Gasteiger partial charge in [0.25, 0.3) is 5.69 Å². The van der Waals surface area contributed by atoms with Gasteiger partial charge in [-0.25, -0.2) is 9.59 Å². The summed E-state index contributed by atoms with van der Waals surface area (Å²) in [5.74, 6) is -1.82. The zero-order valence-corrected chi connectivity index (χ0v) is 24.9. The van der Waals surface area contributed by atoms with Crippen LogP contribution < -0.4 is 15.4 Å². The van der Waals surface area contributed by atoms with E-state index in [1.165, 1.54) is 13.2 Å². The fourth-order valence-electron chi connectivity index (χ4n) is 4.47. The summed E-state index contributed by atoms with van der Waals surface area (Å²) < 4.78 is 5.42. The van der Waals surface area contributed by atoms with Crippen molar-refractivity contribution in [1.82, 2.24) is 15.5 Å². The molecule has 15 heteroatoms. The number of benzene rings is 2. The van der Waals surface area contributed by atoms with Crippen LogP contribution in [0.1, 0.15) is 54.2 Å². The van der Waals surface area contributed by atoms with Crippen molar-refractivity contribution < 1.29 is 34.0 Å². The number of nitro benzene ring substituents is 1.